The fraction of sp³-hybridized carbons (Fsp3) is 0.385. The number of aromatic nitrogens is 3. The van der Waals surface area contributed by atoms with Crippen molar-refractivity contribution in [1.29, 1.82) is 0 Å². The molecule has 114 valence electrons. The molecule has 0 saturated heterocycles. The van der Waals surface area contributed by atoms with Crippen molar-refractivity contribution in [3.8, 4) is 0 Å². The Hall–Kier alpha value is -1.25. The maximum absolute atomic E-state index is 11.7. The van der Waals surface area contributed by atoms with Crippen molar-refractivity contribution in [3.63, 3.8) is 0 Å². The van der Waals surface area contributed by atoms with Gasteiger partial charge in [0, 0.05) is 13.3 Å². The van der Waals surface area contributed by atoms with E-state index in [1.807, 2.05) is 13.0 Å². The van der Waals surface area contributed by atoms with Crippen molar-refractivity contribution >= 4 is 25.8 Å². The summed E-state index contributed by atoms with van der Waals surface area (Å²) in [4.78, 5) is 0.300. The van der Waals surface area contributed by atoms with Crippen LogP contribution in [0.3, 0.4) is 0 Å². The van der Waals surface area contributed by atoms with Gasteiger partial charge in [-0.2, -0.15) is 0 Å². The van der Waals surface area contributed by atoms with Crippen LogP contribution in [0.1, 0.15) is 24.2 Å². The monoisotopic (exact) mass is 372 g/mol. The summed E-state index contributed by atoms with van der Waals surface area (Å²) in [6.45, 7) is 2.72. The van der Waals surface area contributed by atoms with Gasteiger partial charge in [0.25, 0.3) is 0 Å². The van der Waals surface area contributed by atoms with E-state index >= 15 is 0 Å². The normalized spacial score (nSPS) is 13.3. The van der Waals surface area contributed by atoms with Gasteiger partial charge in [-0.3, -0.25) is 0 Å². The van der Waals surface area contributed by atoms with Gasteiger partial charge in [0.2, 0.25) is 0 Å². The molecule has 1 aromatic heterocycles. The summed E-state index contributed by atoms with van der Waals surface area (Å²) >= 11 is 3.39. The van der Waals surface area contributed by atoms with E-state index in [-0.39, 0.29) is 6.04 Å². The largest absolute Gasteiger partial charge is 0.305 e. The lowest BCUT2D eigenvalue weighted by atomic mass is 10.0. The van der Waals surface area contributed by atoms with Crippen LogP contribution in [-0.4, -0.2) is 36.2 Å². The lowest BCUT2D eigenvalue weighted by molar-refractivity contribution is 0.565. The van der Waals surface area contributed by atoms with E-state index in [0.29, 0.717) is 9.50 Å². The standard InChI is InChI=1S/C13H17BrN4O2S/c1-4-15-11(12-13(14)16-17-18(12)2)9-6-5-7-10(8-9)21(3,19)20/h5-8,11,15H,4H2,1-3H3. The van der Waals surface area contributed by atoms with E-state index in [1.165, 1.54) is 6.26 Å². The maximum Gasteiger partial charge on any atom is 0.175 e. The van der Waals surface area contributed by atoms with Gasteiger partial charge in [-0.05, 0) is 40.2 Å². The van der Waals surface area contributed by atoms with Crippen molar-refractivity contribution in [2.24, 2.45) is 7.05 Å². The highest BCUT2D eigenvalue weighted by Gasteiger charge is 2.22. The molecule has 0 fully saturated rings. The minimum Gasteiger partial charge on any atom is -0.305 e. The Morgan fingerprint density at radius 2 is 2.14 bits per heavy atom. The highest BCUT2D eigenvalue weighted by molar-refractivity contribution is 9.10. The summed E-state index contributed by atoms with van der Waals surface area (Å²) in [6, 6.07) is 6.72. The van der Waals surface area contributed by atoms with Crippen LogP contribution in [-0.2, 0) is 16.9 Å². The number of aryl methyl sites for hydroxylation is 1. The first-order valence-corrected chi connectivity index (χ1v) is 9.11. The first-order valence-electron chi connectivity index (χ1n) is 6.43. The molecular formula is C13H17BrN4O2S. The molecule has 2 aromatic rings. The van der Waals surface area contributed by atoms with E-state index in [9.17, 15) is 8.42 Å². The van der Waals surface area contributed by atoms with Crippen LogP contribution < -0.4 is 5.32 Å². The van der Waals surface area contributed by atoms with Crippen LogP contribution in [0.4, 0.5) is 0 Å². The summed E-state index contributed by atoms with van der Waals surface area (Å²) in [7, 11) is -1.44. The van der Waals surface area contributed by atoms with Gasteiger partial charge in [0.1, 0.15) is 0 Å². The van der Waals surface area contributed by atoms with Crippen molar-refractivity contribution in [1.82, 2.24) is 20.3 Å². The number of hydrogen-bond acceptors (Lipinski definition) is 5. The van der Waals surface area contributed by atoms with Gasteiger partial charge >= 0.3 is 0 Å². The number of nitrogens with one attached hydrogen (secondary N) is 1. The SMILES string of the molecule is CCNC(c1cccc(S(C)(=O)=O)c1)c1c(Br)nnn1C. The van der Waals surface area contributed by atoms with Crippen LogP contribution in [0.25, 0.3) is 0 Å². The molecule has 1 heterocycles. The zero-order chi connectivity index (χ0) is 15.6. The predicted octanol–water partition coefficient (Wildman–Crippen LogP) is 1.68. The Morgan fingerprint density at radius 3 is 2.67 bits per heavy atom. The second-order valence-electron chi connectivity index (χ2n) is 4.72. The zero-order valence-electron chi connectivity index (χ0n) is 12.0. The van der Waals surface area contributed by atoms with Gasteiger partial charge < -0.3 is 5.32 Å². The second-order valence-corrected chi connectivity index (χ2v) is 7.49. The molecule has 1 N–H and O–H groups in total. The molecule has 6 nitrogen and oxygen atoms in total. The number of hydrogen-bond donors (Lipinski definition) is 1. The highest BCUT2D eigenvalue weighted by atomic mass is 79.9. The summed E-state index contributed by atoms with van der Waals surface area (Å²) in [6.07, 6.45) is 1.20. The van der Waals surface area contributed by atoms with E-state index in [1.54, 1.807) is 29.9 Å². The number of sulfone groups is 1. The molecule has 21 heavy (non-hydrogen) atoms. The molecule has 8 heteroatoms. The van der Waals surface area contributed by atoms with Crippen LogP contribution in [0.2, 0.25) is 0 Å². The second kappa shape index (κ2) is 6.25. The molecule has 0 bridgehead atoms. The predicted molar refractivity (Wildman–Crippen MR) is 83.8 cm³/mol. The van der Waals surface area contributed by atoms with E-state index in [4.69, 9.17) is 0 Å². The average molecular weight is 373 g/mol. The number of halogens is 1. The summed E-state index contributed by atoms with van der Waals surface area (Å²) < 4.78 is 25.8. The van der Waals surface area contributed by atoms with Gasteiger partial charge in [-0.25, -0.2) is 13.1 Å². The number of nitrogens with zero attached hydrogens (tertiary/aromatic N) is 3. The Morgan fingerprint density at radius 1 is 1.43 bits per heavy atom. The molecule has 2 rings (SSSR count). The third-order valence-corrected chi connectivity index (χ3v) is 4.80. The molecule has 0 radical (unpaired) electrons. The van der Waals surface area contributed by atoms with Crippen molar-refractivity contribution in [3.05, 3.63) is 40.1 Å². The third-order valence-electron chi connectivity index (χ3n) is 3.13. The Labute approximate surface area is 132 Å². The van der Waals surface area contributed by atoms with E-state index < -0.39 is 9.84 Å². The topological polar surface area (TPSA) is 76.9 Å². The molecule has 1 atom stereocenters. The molecule has 0 aliphatic rings. The van der Waals surface area contributed by atoms with E-state index in [0.717, 1.165) is 17.8 Å². The minimum absolute atomic E-state index is 0.189. The van der Waals surface area contributed by atoms with Crippen LogP contribution in [0, 0.1) is 0 Å². The van der Waals surface area contributed by atoms with Gasteiger partial charge in [0.05, 0.1) is 16.6 Å². The molecule has 0 aliphatic heterocycles. The number of benzene rings is 1. The summed E-state index contributed by atoms with van der Waals surface area (Å²) in [5, 5.41) is 11.3. The molecule has 0 saturated carbocycles. The van der Waals surface area contributed by atoms with Gasteiger partial charge in [0.15, 0.2) is 14.4 Å². The summed E-state index contributed by atoms with van der Waals surface area (Å²) in [5.41, 5.74) is 1.70. The van der Waals surface area contributed by atoms with Gasteiger partial charge in [-0.15, -0.1) is 5.10 Å². The van der Waals surface area contributed by atoms with Crippen molar-refractivity contribution in [2.45, 2.75) is 17.9 Å². The Bertz CT molecular complexity index is 723. The first kappa shape index (κ1) is 16.1. The molecule has 1 aromatic carbocycles. The van der Waals surface area contributed by atoms with Crippen LogP contribution >= 0.6 is 15.9 Å². The summed E-state index contributed by atoms with van der Waals surface area (Å²) in [5.74, 6) is 0. The highest BCUT2D eigenvalue weighted by Crippen LogP contribution is 2.28. The maximum atomic E-state index is 11.7. The molecule has 1 unspecified atom stereocenters. The van der Waals surface area contributed by atoms with Crippen molar-refractivity contribution in [2.75, 3.05) is 12.8 Å². The quantitative estimate of drug-likeness (QED) is 0.863. The minimum atomic E-state index is -3.24. The third kappa shape index (κ3) is 3.50. The van der Waals surface area contributed by atoms with Crippen LogP contribution in [0.5, 0.6) is 0 Å². The molecule has 0 amide bonds. The fourth-order valence-electron chi connectivity index (χ4n) is 2.15. The van der Waals surface area contributed by atoms with Gasteiger partial charge in [-0.1, -0.05) is 24.3 Å². The average Bonchev–Trinajstić information content (AvgIpc) is 2.75. The fourth-order valence-corrected chi connectivity index (χ4v) is 3.38. The zero-order valence-corrected chi connectivity index (χ0v) is 14.4. The lowest BCUT2D eigenvalue weighted by Crippen LogP contribution is -2.24. The Kier molecular flexibility index (Phi) is 4.80. The first-order chi connectivity index (χ1) is 9.84. The number of rotatable bonds is 5. The van der Waals surface area contributed by atoms with E-state index in [2.05, 4.69) is 31.6 Å². The molecule has 0 aliphatic carbocycles. The Balaban J connectivity index is 2.54. The molecular weight excluding hydrogens is 356 g/mol. The lowest BCUT2D eigenvalue weighted by Gasteiger charge is -2.19. The van der Waals surface area contributed by atoms with Crippen molar-refractivity contribution < 1.29 is 8.42 Å². The molecule has 0 spiro atoms. The van der Waals surface area contributed by atoms with Crippen LogP contribution in [0.15, 0.2) is 33.8 Å². The smallest absolute Gasteiger partial charge is 0.175 e.